The van der Waals surface area contributed by atoms with Gasteiger partial charge in [0.15, 0.2) is 0 Å². The van der Waals surface area contributed by atoms with Crippen LogP contribution < -0.4 is 5.32 Å². The molecule has 124 valence electrons. The van der Waals surface area contributed by atoms with E-state index in [1.165, 1.54) is 6.42 Å². The Balaban J connectivity index is 1.96. The van der Waals surface area contributed by atoms with Gasteiger partial charge in [-0.05, 0) is 55.5 Å². The molecule has 0 radical (unpaired) electrons. The van der Waals surface area contributed by atoms with Gasteiger partial charge in [-0.2, -0.15) is 0 Å². The van der Waals surface area contributed by atoms with Gasteiger partial charge in [-0.1, -0.05) is 20.8 Å². The van der Waals surface area contributed by atoms with Crippen LogP contribution >= 0.6 is 11.3 Å². The summed E-state index contributed by atoms with van der Waals surface area (Å²) in [6.07, 6.45) is 2.23. The summed E-state index contributed by atoms with van der Waals surface area (Å²) in [5.41, 5.74) is 1.16. The molecule has 2 rings (SSSR count). The lowest BCUT2D eigenvalue weighted by Crippen LogP contribution is -2.56. The maximum absolute atomic E-state index is 12.4. The number of carbonyl (C=O) groups excluding carboxylic acids is 1. The van der Waals surface area contributed by atoms with Crippen molar-refractivity contribution >= 4 is 17.2 Å². The van der Waals surface area contributed by atoms with Crippen molar-refractivity contribution in [3.8, 4) is 0 Å². The third kappa shape index (κ3) is 4.11. The molecule has 0 aliphatic carbocycles. The molecule has 1 aromatic heterocycles. The highest BCUT2D eigenvalue weighted by Crippen LogP contribution is 2.27. The molecule has 1 N–H and O–H groups in total. The summed E-state index contributed by atoms with van der Waals surface area (Å²) in [5, 5.41) is 5.16. The smallest absolute Gasteiger partial charge is 0.261 e. The number of likely N-dealkylation sites (tertiary alicyclic amines) is 1. The highest BCUT2D eigenvalue weighted by molar-refractivity contribution is 7.12. The first-order valence-corrected chi connectivity index (χ1v) is 9.31. The number of nitrogens with one attached hydrogen (secondary N) is 1. The largest absolute Gasteiger partial charge is 0.349 e. The van der Waals surface area contributed by atoms with Crippen molar-refractivity contribution in [1.82, 2.24) is 10.2 Å². The summed E-state index contributed by atoms with van der Waals surface area (Å²) in [6, 6.07) is 2.05. The van der Waals surface area contributed by atoms with E-state index in [0.29, 0.717) is 6.54 Å². The molecule has 1 aliphatic rings. The van der Waals surface area contributed by atoms with Gasteiger partial charge in [0, 0.05) is 25.2 Å². The Labute approximate surface area is 139 Å². The van der Waals surface area contributed by atoms with Crippen molar-refractivity contribution in [1.29, 1.82) is 0 Å². The fourth-order valence-electron chi connectivity index (χ4n) is 3.46. The zero-order chi connectivity index (χ0) is 16.3. The van der Waals surface area contributed by atoms with E-state index in [0.717, 1.165) is 41.8 Å². The number of hydrogen-bond acceptors (Lipinski definition) is 3. The number of piperidine rings is 1. The number of amides is 1. The minimum absolute atomic E-state index is 0.00222. The molecule has 1 fully saturated rings. The van der Waals surface area contributed by atoms with Crippen LogP contribution in [0.15, 0.2) is 11.4 Å². The molecule has 2 unspecified atom stereocenters. The van der Waals surface area contributed by atoms with Gasteiger partial charge in [-0.3, -0.25) is 9.69 Å². The predicted molar refractivity (Wildman–Crippen MR) is 94.6 cm³/mol. The van der Waals surface area contributed by atoms with Crippen LogP contribution in [0.3, 0.4) is 0 Å². The lowest BCUT2D eigenvalue weighted by molar-refractivity contribution is 0.0445. The lowest BCUT2D eigenvalue weighted by atomic mass is 9.88. The van der Waals surface area contributed by atoms with Gasteiger partial charge in [0.2, 0.25) is 0 Å². The van der Waals surface area contributed by atoms with Crippen molar-refractivity contribution in [2.75, 3.05) is 19.6 Å². The second-order valence-electron chi connectivity index (χ2n) is 7.47. The first-order chi connectivity index (χ1) is 10.3. The molecule has 1 saturated heterocycles. The van der Waals surface area contributed by atoms with Gasteiger partial charge < -0.3 is 5.32 Å². The normalized spacial score (nSPS) is 23.5. The standard InChI is InChI=1S/C18H30N2OS/c1-6-15-7-8-22-16(15)17(21)19-12-18(4,5)20-10-13(2)9-14(3)11-20/h7-8,13-14H,6,9-12H2,1-5H3,(H,19,21). The molecule has 1 amide bonds. The Morgan fingerprint density at radius 3 is 2.59 bits per heavy atom. The second-order valence-corrected chi connectivity index (χ2v) is 8.39. The van der Waals surface area contributed by atoms with Crippen molar-refractivity contribution in [2.24, 2.45) is 11.8 Å². The van der Waals surface area contributed by atoms with Crippen LogP contribution in [0.5, 0.6) is 0 Å². The van der Waals surface area contributed by atoms with Crippen LogP contribution in [0.2, 0.25) is 0 Å². The number of hydrogen-bond donors (Lipinski definition) is 1. The third-order valence-electron chi connectivity index (χ3n) is 4.74. The van der Waals surface area contributed by atoms with E-state index in [-0.39, 0.29) is 11.4 Å². The maximum atomic E-state index is 12.4. The zero-order valence-electron chi connectivity index (χ0n) is 14.6. The van der Waals surface area contributed by atoms with Crippen molar-refractivity contribution in [3.63, 3.8) is 0 Å². The van der Waals surface area contributed by atoms with Crippen molar-refractivity contribution in [2.45, 2.75) is 53.0 Å². The fourth-order valence-corrected chi connectivity index (χ4v) is 4.37. The molecule has 0 bridgehead atoms. The minimum atomic E-state index is 0.00222. The molecular formula is C18H30N2OS. The molecular weight excluding hydrogens is 292 g/mol. The fraction of sp³-hybridized carbons (Fsp3) is 0.722. The molecule has 2 heterocycles. The predicted octanol–water partition coefficient (Wildman–Crippen LogP) is 3.80. The van der Waals surface area contributed by atoms with E-state index >= 15 is 0 Å². The molecule has 0 saturated carbocycles. The average Bonchev–Trinajstić information content (AvgIpc) is 2.92. The molecule has 22 heavy (non-hydrogen) atoms. The van der Waals surface area contributed by atoms with Crippen LogP contribution in [0.4, 0.5) is 0 Å². The number of rotatable bonds is 5. The van der Waals surface area contributed by atoms with Crippen LogP contribution in [-0.2, 0) is 6.42 Å². The van der Waals surface area contributed by atoms with E-state index in [2.05, 4.69) is 50.9 Å². The van der Waals surface area contributed by atoms with E-state index in [4.69, 9.17) is 0 Å². The summed E-state index contributed by atoms with van der Waals surface area (Å²) in [6.45, 7) is 14.2. The SMILES string of the molecule is CCc1ccsc1C(=O)NCC(C)(C)N1CC(C)CC(C)C1. The summed E-state index contributed by atoms with van der Waals surface area (Å²) in [7, 11) is 0. The van der Waals surface area contributed by atoms with Crippen LogP contribution in [0, 0.1) is 11.8 Å². The average molecular weight is 323 g/mol. The number of thiophene rings is 1. The monoisotopic (exact) mass is 322 g/mol. The number of nitrogens with zero attached hydrogens (tertiary/aromatic N) is 1. The van der Waals surface area contributed by atoms with E-state index in [1.54, 1.807) is 11.3 Å². The maximum Gasteiger partial charge on any atom is 0.261 e. The van der Waals surface area contributed by atoms with E-state index in [1.807, 2.05) is 5.38 Å². The van der Waals surface area contributed by atoms with Gasteiger partial charge >= 0.3 is 0 Å². The van der Waals surface area contributed by atoms with Crippen LogP contribution in [-0.4, -0.2) is 36.0 Å². The Bertz CT molecular complexity index is 499. The summed E-state index contributed by atoms with van der Waals surface area (Å²) < 4.78 is 0. The lowest BCUT2D eigenvalue weighted by Gasteiger charge is -2.45. The first kappa shape index (κ1) is 17.5. The highest BCUT2D eigenvalue weighted by atomic mass is 32.1. The Hall–Kier alpha value is -0.870. The summed E-state index contributed by atoms with van der Waals surface area (Å²) >= 11 is 1.54. The molecule has 3 nitrogen and oxygen atoms in total. The van der Waals surface area contributed by atoms with Gasteiger partial charge in [-0.15, -0.1) is 11.3 Å². The van der Waals surface area contributed by atoms with Crippen molar-refractivity contribution in [3.05, 3.63) is 21.9 Å². The molecule has 4 heteroatoms. The topological polar surface area (TPSA) is 32.3 Å². The van der Waals surface area contributed by atoms with Gasteiger partial charge in [0.05, 0.1) is 4.88 Å². The zero-order valence-corrected chi connectivity index (χ0v) is 15.4. The molecule has 1 aromatic rings. The van der Waals surface area contributed by atoms with Gasteiger partial charge in [0.1, 0.15) is 0 Å². The Morgan fingerprint density at radius 1 is 1.36 bits per heavy atom. The van der Waals surface area contributed by atoms with E-state index in [9.17, 15) is 4.79 Å². The Kier molecular flexibility index (Phi) is 5.67. The molecule has 0 aromatic carbocycles. The minimum Gasteiger partial charge on any atom is -0.349 e. The van der Waals surface area contributed by atoms with Crippen LogP contribution in [0.1, 0.15) is 56.3 Å². The first-order valence-electron chi connectivity index (χ1n) is 8.43. The Morgan fingerprint density at radius 2 is 2.00 bits per heavy atom. The molecule has 2 atom stereocenters. The van der Waals surface area contributed by atoms with Gasteiger partial charge in [0.25, 0.3) is 5.91 Å². The third-order valence-corrected chi connectivity index (χ3v) is 5.70. The van der Waals surface area contributed by atoms with Crippen molar-refractivity contribution < 1.29 is 4.79 Å². The second kappa shape index (κ2) is 7.14. The number of aryl methyl sites for hydroxylation is 1. The van der Waals surface area contributed by atoms with Gasteiger partial charge in [-0.25, -0.2) is 0 Å². The quantitative estimate of drug-likeness (QED) is 0.894. The summed E-state index contributed by atoms with van der Waals surface area (Å²) in [5.74, 6) is 1.56. The number of carbonyl (C=O) groups is 1. The summed E-state index contributed by atoms with van der Waals surface area (Å²) in [4.78, 5) is 15.8. The van der Waals surface area contributed by atoms with Crippen LogP contribution in [0.25, 0.3) is 0 Å². The van der Waals surface area contributed by atoms with E-state index < -0.39 is 0 Å². The highest BCUT2D eigenvalue weighted by Gasteiger charge is 2.33. The molecule has 0 spiro atoms. The molecule has 1 aliphatic heterocycles.